The zero-order valence-corrected chi connectivity index (χ0v) is 19.3. The topological polar surface area (TPSA) is 58.6 Å². The molecule has 32 heavy (non-hydrogen) atoms. The summed E-state index contributed by atoms with van der Waals surface area (Å²) >= 11 is 3.03. The molecule has 0 spiro atoms. The van der Waals surface area contributed by atoms with Crippen molar-refractivity contribution in [3.63, 3.8) is 0 Å². The van der Waals surface area contributed by atoms with E-state index in [1.165, 1.54) is 64.3 Å². The Balaban J connectivity index is 1.52. The molecule has 0 radical (unpaired) electrons. The molecule has 2 aliphatic rings. The molecule has 0 bridgehead atoms. The van der Waals surface area contributed by atoms with E-state index in [2.05, 4.69) is 5.32 Å². The number of carbonyl (C=O) groups excluding carboxylic acids is 2. The Kier molecular flexibility index (Phi) is 5.73. The van der Waals surface area contributed by atoms with Crippen molar-refractivity contribution >= 4 is 40.4 Å². The molecule has 2 amide bonds. The average Bonchev–Trinajstić information content (AvgIpc) is 3.43. The Hall–Kier alpha value is -2.71. The van der Waals surface area contributed by atoms with E-state index in [0.29, 0.717) is 17.1 Å². The van der Waals surface area contributed by atoms with Crippen LogP contribution in [-0.4, -0.2) is 30.6 Å². The summed E-state index contributed by atoms with van der Waals surface area (Å²) in [6.07, 6.45) is 5.40. The lowest BCUT2D eigenvalue weighted by molar-refractivity contribution is 0.0607. The Morgan fingerprint density at radius 2 is 1.88 bits per heavy atom. The fourth-order valence-electron chi connectivity index (χ4n) is 4.69. The number of thiophene rings is 2. The molecule has 3 heterocycles. The summed E-state index contributed by atoms with van der Waals surface area (Å²) < 4.78 is 18.5. The van der Waals surface area contributed by atoms with Crippen LogP contribution in [0.5, 0.6) is 0 Å². The van der Waals surface area contributed by atoms with Gasteiger partial charge in [-0.2, -0.15) is 0 Å². The van der Waals surface area contributed by atoms with Crippen LogP contribution in [0.4, 0.5) is 14.9 Å². The quantitative estimate of drug-likeness (QED) is 0.493. The van der Waals surface area contributed by atoms with Gasteiger partial charge in [-0.1, -0.05) is 12.1 Å². The number of benzene rings is 1. The number of halogens is 1. The summed E-state index contributed by atoms with van der Waals surface area (Å²) in [5, 5.41) is 4.66. The highest BCUT2D eigenvalue weighted by Crippen LogP contribution is 2.45. The van der Waals surface area contributed by atoms with E-state index in [1.807, 2.05) is 0 Å². The Bertz CT molecular complexity index is 1170. The number of esters is 1. The van der Waals surface area contributed by atoms with Crippen molar-refractivity contribution < 1.29 is 18.7 Å². The molecule has 0 saturated heterocycles. The summed E-state index contributed by atoms with van der Waals surface area (Å²) in [4.78, 5) is 30.2. The Morgan fingerprint density at radius 3 is 2.66 bits per heavy atom. The number of fused-ring (bicyclic) bond motifs is 3. The largest absolute Gasteiger partial charge is 0.465 e. The molecule has 0 fully saturated rings. The lowest BCUT2D eigenvalue weighted by atomic mass is 9.88. The molecular weight excluding hydrogens is 447 g/mol. The van der Waals surface area contributed by atoms with E-state index >= 15 is 0 Å². The van der Waals surface area contributed by atoms with Gasteiger partial charge in [0.1, 0.15) is 10.7 Å². The third-order valence-electron chi connectivity index (χ3n) is 6.20. The molecule has 0 unspecified atom stereocenters. The third-order valence-corrected chi connectivity index (χ3v) is 8.48. The number of hydrogen-bond acceptors (Lipinski definition) is 5. The van der Waals surface area contributed by atoms with Gasteiger partial charge >= 0.3 is 12.0 Å². The minimum absolute atomic E-state index is 0.278. The molecule has 1 atom stereocenters. The zero-order chi connectivity index (χ0) is 22.2. The van der Waals surface area contributed by atoms with Gasteiger partial charge in [0.15, 0.2) is 0 Å². The van der Waals surface area contributed by atoms with Crippen molar-refractivity contribution in [3.8, 4) is 0 Å². The second kappa shape index (κ2) is 8.67. The van der Waals surface area contributed by atoms with E-state index in [1.54, 1.807) is 39.8 Å². The van der Waals surface area contributed by atoms with Crippen LogP contribution in [0.2, 0.25) is 0 Å². The van der Waals surface area contributed by atoms with E-state index in [9.17, 15) is 14.0 Å². The number of ether oxygens (including phenoxy) is 1. The lowest BCUT2D eigenvalue weighted by Gasteiger charge is -2.36. The predicted molar refractivity (Wildman–Crippen MR) is 124 cm³/mol. The van der Waals surface area contributed by atoms with Crippen LogP contribution in [-0.2, 0) is 24.0 Å². The van der Waals surface area contributed by atoms with Crippen LogP contribution >= 0.6 is 22.7 Å². The van der Waals surface area contributed by atoms with Crippen molar-refractivity contribution in [2.24, 2.45) is 0 Å². The molecule has 0 saturated carbocycles. The number of methoxy groups -OCH3 is 1. The molecule has 166 valence electrons. The van der Waals surface area contributed by atoms with Gasteiger partial charge in [0, 0.05) is 16.3 Å². The molecule has 1 aliphatic carbocycles. The number of anilines is 1. The van der Waals surface area contributed by atoms with Gasteiger partial charge in [0.25, 0.3) is 0 Å². The van der Waals surface area contributed by atoms with Crippen molar-refractivity contribution in [3.05, 3.63) is 72.9 Å². The number of urea groups is 1. The second-order valence-electron chi connectivity index (χ2n) is 8.04. The number of nitrogens with zero attached hydrogens (tertiary/aromatic N) is 1. The first kappa shape index (κ1) is 21.2. The van der Waals surface area contributed by atoms with E-state index < -0.39 is 5.97 Å². The number of hydrogen-bond donors (Lipinski definition) is 1. The molecule has 1 aliphatic heterocycles. The second-order valence-corrected chi connectivity index (χ2v) is 10.1. The Morgan fingerprint density at radius 1 is 1.09 bits per heavy atom. The van der Waals surface area contributed by atoms with Crippen LogP contribution in [0, 0.1) is 5.82 Å². The maximum Gasteiger partial charge on any atom is 0.350 e. The van der Waals surface area contributed by atoms with Crippen molar-refractivity contribution in [2.45, 2.75) is 38.1 Å². The first-order valence-corrected chi connectivity index (χ1v) is 12.4. The highest BCUT2D eigenvalue weighted by Gasteiger charge is 2.36. The predicted octanol–water partition coefficient (Wildman–Crippen LogP) is 5.79. The van der Waals surface area contributed by atoms with Crippen molar-refractivity contribution in [1.29, 1.82) is 0 Å². The summed E-state index contributed by atoms with van der Waals surface area (Å²) in [6, 6.07) is 7.57. The fraction of sp³-hybridized carbons (Fsp3) is 0.333. The molecule has 1 N–H and O–H groups in total. The number of aryl methyl sites for hydroxylation is 1. The minimum atomic E-state index is -0.475. The molecule has 3 aromatic rings. The van der Waals surface area contributed by atoms with Gasteiger partial charge in [-0.25, -0.2) is 14.0 Å². The zero-order valence-electron chi connectivity index (χ0n) is 17.7. The van der Waals surface area contributed by atoms with Crippen molar-refractivity contribution in [1.82, 2.24) is 4.90 Å². The fourth-order valence-corrected chi connectivity index (χ4v) is 7.04. The molecule has 2 aromatic heterocycles. The summed E-state index contributed by atoms with van der Waals surface area (Å²) in [5.74, 6) is -0.774. The van der Waals surface area contributed by atoms with Crippen LogP contribution in [0.25, 0.3) is 0 Å². The summed E-state index contributed by atoms with van der Waals surface area (Å²) in [6.45, 7) is 0.557. The molecule has 8 heteroatoms. The maximum absolute atomic E-state index is 13.7. The molecule has 1 aromatic carbocycles. The number of carbonyl (C=O) groups is 2. The summed E-state index contributed by atoms with van der Waals surface area (Å²) in [7, 11) is 1.32. The maximum atomic E-state index is 13.7. The monoisotopic (exact) mass is 470 g/mol. The van der Waals surface area contributed by atoms with Gasteiger partial charge in [-0.05, 0) is 72.4 Å². The standard InChI is InChI=1S/C24H23FN2O3S2/c1-30-23(28)22-18(11-13-31-22)26-24(29)27-12-10-17-16-4-2-3-5-19(16)32-21(17)20(27)14-6-8-15(25)9-7-14/h6-9,11,13,20H,2-5,10,12H2,1H3,(H,26,29)/t20-/m0/s1. The highest BCUT2D eigenvalue weighted by atomic mass is 32.1. The van der Waals surface area contributed by atoms with E-state index in [-0.39, 0.29) is 17.9 Å². The van der Waals surface area contributed by atoms with E-state index in [4.69, 9.17) is 4.74 Å². The van der Waals surface area contributed by atoms with Crippen LogP contribution < -0.4 is 5.32 Å². The molecular formula is C24H23FN2O3S2. The summed E-state index contributed by atoms with van der Waals surface area (Å²) in [5.41, 5.74) is 4.17. The Labute approximate surface area is 193 Å². The first-order chi connectivity index (χ1) is 15.6. The number of nitrogens with one attached hydrogen (secondary N) is 1. The van der Waals surface area contributed by atoms with Crippen molar-refractivity contribution in [2.75, 3.05) is 19.0 Å². The average molecular weight is 471 g/mol. The van der Waals surface area contributed by atoms with E-state index in [0.717, 1.165) is 24.8 Å². The van der Waals surface area contributed by atoms with Gasteiger partial charge < -0.3 is 15.0 Å². The lowest BCUT2D eigenvalue weighted by Crippen LogP contribution is -2.42. The molecule has 5 rings (SSSR count). The van der Waals surface area contributed by atoms with Crippen LogP contribution in [0.1, 0.15) is 55.0 Å². The van der Waals surface area contributed by atoms with Gasteiger partial charge in [0.2, 0.25) is 0 Å². The van der Waals surface area contributed by atoms with Crippen LogP contribution in [0.15, 0.2) is 35.7 Å². The van der Waals surface area contributed by atoms with Gasteiger partial charge in [-0.3, -0.25) is 0 Å². The van der Waals surface area contributed by atoms with Crippen LogP contribution in [0.3, 0.4) is 0 Å². The molecule has 5 nitrogen and oxygen atoms in total. The van der Waals surface area contributed by atoms with Gasteiger partial charge in [-0.15, -0.1) is 22.7 Å². The highest BCUT2D eigenvalue weighted by molar-refractivity contribution is 7.13. The normalized spacial score (nSPS) is 17.4. The number of amides is 2. The first-order valence-electron chi connectivity index (χ1n) is 10.7. The van der Waals surface area contributed by atoms with Gasteiger partial charge in [0.05, 0.1) is 18.8 Å². The smallest absolute Gasteiger partial charge is 0.350 e. The number of rotatable bonds is 3. The minimum Gasteiger partial charge on any atom is -0.465 e. The third kappa shape index (κ3) is 3.71. The SMILES string of the molecule is COC(=O)c1sccc1NC(=O)N1CCc2c(sc3c2CCCC3)[C@@H]1c1ccc(F)cc1.